The van der Waals surface area contributed by atoms with E-state index in [2.05, 4.69) is 4.98 Å². The maximum atomic E-state index is 11.9. The maximum Gasteiger partial charge on any atom is 0.323 e. The number of carboxylic acid groups (broad SMARTS) is 1. The Morgan fingerprint density at radius 2 is 2.00 bits per heavy atom. The van der Waals surface area contributed by atoms with Gasteiger partial charge in [-0.25, -0.2) is 0 Å². The highest BCUT2D eigenvalue weighted by Crippen LogP contribution is 2.28. The Balaban J connectivity index is 2.72. The van der Waals surface area contributed by atoms with Crippen molar-refractivity contribution in [3.63, 3.8) is 0 Å². The van der Waals surface area contributed by atoms with Crippen molar-refractivity contribution in [2.75, 3.05) is 0 Å². The van der Waals surface area contributed by atoms with E-state index in [9.17, 15) is 14.7 Å². The Hall–Kier alpha value is -1.91. The first-order valence-corrected chi connectivity index (χ1v) is 5.87. The molecular weight excluding hydrogens is 234 g/mol. The molecule has 1 rings (SSSR count). The molecule has 1 N–H and O–H groups in total. The highest BCUT2D eigenvalue weighted by atomic mass is 16.5. The molecular formula is C13H17NO4. The van der Waals surface area contributed by atoms with Crippen molar-refractivity contribution in [2.45, 2.75) is 33.3 Å². The maximum absolute atomic E-state index is 11.9. The second-order valence-electron chi connectivity index (χ2n) is 3.99. The van der Waals surface area contributed by atoms with E-state index >= 15 is 0 Å². The van der Waals surface area contributed by atoms with Gasteiger partial charge in [-0.05, 0) is 25.0 Å². The van der Waals surface area contributed by atoms with Crippen LogP contribution in [0, 0.1) is 5.41 Å². The van der Waals surface area contributed by atoms with Crippen LogP contribution in [-0.2, 0) is 20.9 Å². The smallest absolute Gasteiger partial charge is 0.323 e. The average molecular weight is 251 g/mol. The summed E-state index contributed by atoms with van der Waals surface area (Å²) in [6, 6.07) is 5.25. The van der Waals surface area contributed by atoms with Crippen molar-refractivity contribution < 1.29 is 19.4 Å². The van der Waals surface area contributed by atoms with Crippen LogP contribution in [0.1, 0.15) is 32.4 Å². The van der Waals surface area contributed by atoms with Gasteiger partial charge in [0.15, 0.2) is 5.41 Å². The number of esters is 1. The molecule has 0 saturated carbocycles. The third-order valence-corrected chi connectivity index (χ3v) is 3.08. The molecule has 0 spiro atoms. The summed E-state index contributed by atoms with van der Waals surface area (Å²) in [5.41, 5.74) is -0.855. The predicted octanol–water partition coefficient (Wildman–Crippen LogP) is 2.02. The lowest BCUT2D eigenvalue weighted by molar-refractivity contribution is -0.170. The largest absolute Gasteiger partial charge is 0.480 e. The number of carbonyl (C=O) groups excluding carboxylic acids is 1. The van der Waals surface area contributed by atoms with Crippen LogP contribution in [0.5, 0.6) is 0 Å². The van der Waals surface area contributed by atoms with Gasteiger partial charge in [-0.3, -0.25) is 14.6 Å². The van der Waals surface area contributed by atoms with Crippen LogP contribution in [0.25, 0.3) is 0 Å². The Morgan fingerprint density at radius 1 is 1.33 bits per heavy atom. The van der Waals surface area contributed by atoms with Crippen molar-refractivity contribution in [1.29, 1.82) is 0 Å². The van der Waals surface area contributed by atoms with Gasteiger partial charge < -0.3 is 9.84 Å². The van der Waals surface area contributed by atoms with E-state index < -0.39 is 17.4 Å². The Morgan fingerprint density at radius 3 is 2.44 bits per heavy atom. The summed E-state index contributed by atoms with van der Waals surface area (Å²) in [7, 11) is 0. The number of carboxylic acids is 1. The van der Waals surface area contributed by atoms with Crippen molar-refractivity contribution in [3.8, 4) is 0 Å². The molecule has 0 bridgehead atoms. The van der Waals surface area contributed by atoms with Gasteiger partial charge in [0.1, 0.15) is 6.61 Å². The molecule has 1 aromatic heterocycles. The van der Waals surface area contributed by atoms with E-state index in [-0.39, 0.29) is 19.4 Å². The van der Waals surface area contributed by atoms with E-state index in [1.807, 2.05) is 0 Å². The lowest BCUT2D eigenvalue weighted by atomic mass is 9.82. The van der Waals surface area contributed by atoms with Gasteiger partial charge in [-0.2, -0.15) is 0 Å². The lowest BCUT2D eigenvalue weighted by Gasteiger charge is -2.24. The van der Waals surface area contributed by atoms with E-state index in [0.29, 0.717) is 5.69 Å². The molecule has 0 amide bonds. The molecule has 0 aliphatic heterocycles. The molecule has 0 radical (unpaired) electrons. The first-order valence-electron chi connectivity index (χ1n) is 5.87. The van der Waals surface area contributed by atoms with Crippen LogP contribution in [0.2, 0.25) is 0 Å². The normalized spacial score (nSPS) is 11.0. The molecule has 5 heteroatoms. The van der Waals surface area contributed by atoms with Gasteiger partial charge in [0.25, 0.3) is 0 Å². The quantitative estimate of drug-likeness (QED) is 0.618. The molecule has 0 aliphatic rings. The van der Waals surface area contributed by atoms with Crippen LogP contribution < -0.4 is 0 Å². The fourth-order valence-corrected chi connectivity index (χ4v) is 1.69. The zero-order valence-corrected chi connectivity index (χ0v) is 10.5. The van der Waals surface area contributed by atoms with Crippen LogP contribution in [-0.4, -0.2) is 22.0 Å². The Kier molecular flexibility index (Phi) is 4.83. The number of aliphatic carboxylic acids is 1. The topological polar surface area (TPSA) is 76.5 Å². The zero-order chi connectivity index (χ0) is 13.6. The number of aromatic nitrogens is 1. The summed E-state index contributed by atoms with van der Waals surface area (Å²) >= 11 is 0. The monoisotopic (exact) mass is 251 g/mol. The van der Waals surface area contributed by atoms with E-state index in [1.54, 1.807) is 38.2 Å². The molecule has 0 unspecified atom stereocenters. The molecule has 98 valence electrons. The third-order valence-electron chi connectivity index (χ3n) is 3.08. The minimum atomic E-state index is -1.45. The summed E-state index contributed by atoms with van der Waals surface area (Å²) in [5, 5.41) is 9.17. The number of nitrogens with zero attached hydrogens (tertiary/aromatic N) is 1. The van der Waals surface area contributed by atoms with Crippen molar-refractivity contribution in [3.05, 3.63) is 30.1 Å². The van der Waals surface area contributed by atoms with Gasteiger partial charge in [-0.1, -0.05) is 19.9 Å². The molecule has 0 fully saturated rings. The molecule has 5 nitrogen and oxygen atoms in total. The lowest BCUT2D eigenvalue weighted by Crippen LogP contribution is -2.39. The number of rotatable bonds is 6. The third kappa shape index (κ3) is 2.85. The molecule has 1 aromatic rings. The number of carbonyl (C=O) groups is 2. The highest BCUT2D eigenvalue weighted by molar-refractivity contribution is 5.99. The highest BCUT2D eigenvalue weighted by Gasteiger charge is 2.44. The van der Waals surface area contributed by atoms with Crippen molar-refractivity contribution in [2.24, 2.45) is 5.41 Å². The zero-order valence-electron chi connectivity index (χ0n) is 10.5. The minimum absolute atomic E-state index is 0.00525. The van der Waals surface area contributed by atoms with Crippen molar-refractivity contribution in [1.82, 2.24) is 4.98 Å². The van der Waals surface area contributed by atoms with Crippen molar-refractivity contribution >= 4 is 11.9 Å². The standard InChI is InChI=1S/C13H17NO4/c1-3-13(4-2,11(15)16)12(17)18-9-10-7-5-6-8-14-10/h5-8H,3-4,9H2,1-2H3,(H,15,16). The summed E-state index contributed by atoms with van der Waals surface area (Å²) in [6.07, 6.45) is 2.01. The van der Waals surface area contributed by atoms with Gasteiger partial charge in [0.2, 0.25) is 0 Å². The number of ether oxygens (including phenoxy) is 1. The molecule has 18 heavy (non-hydrogen) atoms. The number of hydrogen-bond donors (Lipinski definition) is 1. The fourth-order valence-electron chi connectivity index (χ4n) is 1.69. The molecule has 0 aliphatic carbocycles. The molecule has 0 aromatic carbocycles. The van der Waals surface area contributed by atoms with Gasteiger partial charge >= 0.3 is 11.9 Å². The van der Waals surface area contributed by atoms with E-state index in [0.717, 1.165) is 0 Å². The predicted molar refractivity (Wildman–Crippen MR) is 64.7 cm³/mol. The minimum Gasteiger partial charge on any atom is -0.480 e. The van der Waals surface area contributed by atoms with Crippen LogP contribution in [0.4, 0.5) is 0 Å². The summed E-state index contributed by atoms with van der Waals surface area (Å²) in [4.78, 5) is 27.1. The summed E-state index contributed by atoms with van der Waals surface area (Å²) in [6.45, 7) is 3.33. The van der Waals surface area contributed by atoms with E-state index in [1.165, 1.54) is 0 Å². The summed E-state index contributed by atoms with van der Waals surface area (Å²) < 4.78 is 5.05. The Bertz CT molecular complexity index is 412. The number of hydrogen-bond acceptors (Lipinski definition) is 4. The van der Waals surface area contributed by atoms with Gasteiger partial charge in [0, 0.05) is 6.20 Å². The van der Waals surface area contributed by atoms with Crippen LogP contribution >= 0.6 is 0 Å². The molecule has 1 heterocycles. The second-order valence-corrected chi connectivity index (χ2v) is 3.99. The summed E-state index contributed by atoms with van der Waals surface area (Å²) in [5.74, 6) is -1.84. The van der Waals surface area contributed by atoms with Gasteiger partial charge in [0.05, 0.1) is 5.69 Å². The SMILES string of the molecule is CCC(CC)(C(=O)O)C(=O)OCc1ccccn1. The average Bonchev–Trinajstić information content (AvgIpc) is 2.39. The van der Waals surface area contributed by atoms with E-state index in [4.69, 9.17) is 4.74 Å². The first kappa shape index (κ1) is 14.2. The molecule has 0 saturated heterocycles. The first-order chi connectivity index (χ1) is 8.56. The second kappa shape index (κ2) is 6.14. The fraction of sp³-hybridized carbons (Fsp3) is 0.462. The number of pyridine rings is 1. The molecule has 0 atom stereocenters. The van der Waals surface area contributed by atoms with Crippen LogP contribution in [0.15, 0.2) is 24.4 Å². The van der Waals surface area contributed by atoms with Crippen LogP contribution in [0.3, 0.4) is 0 Å². The Labute approximate surface area is 106 Å². The van der Waals surface area contributed by atoms with Gasteiger partial charge in [-0.15, -0.1) is 0 Å².